The first kappa shape index (κ1) is 18.3. The summed E-state index contributed by atoms with van der Waals surface area (Å²) in [4.78, 5) is 16.1. The molecule has 0 atom stereocenters. The Morgan fingerprint density at radius 3 is 2.55 bits per heavy atom. The zero-order chi connectivity index (χ0) is 20.1. The number of carbonyl (C=O) groups excluding carboxylic acids is 1. The largest absolute Gasteiger partial charge is 0.438 e. The lowest BCUT2D eigenvalue weighted by molar-refractivity contribution is -0.115. The van der Waals surface area contributed by atoms with Crippen LogP contribution >= 0.6 is 0 Å². The molecule has 8 heteroatoms. The van der Waals surface area contributed by atoms with Crippen LogP contribution in [0.3, 0.4) is 0 Å². The molecule has 4 aromatic rings. The van der Waals surface area contributed by atoms with Gasteiger partial charge in [-0.1, -0.05) is 18.2 Å². The maximum absolute atomic E-state index is 13.6. The molecule has 1 N–H and O–H groups in total. The zero-order valence-corrected chi connectivity index (χ0v) is 15.2. The molecule has 144 valence electrons. The molecule has 2 aromatic carbocycles. The number of ether oxygens (including phenoxy) is 1. The second-order valence-electron chi connectivity index (χ2n) is 6.14. The van der Waals surface area contributed by atoms with Gasteiger partial charge in [0.05, 0.1) is 6.42 Å². The third-order valence-corrected chi connectivity index (χ3v) is 4.06. The molecule has 4 rings (SSSR count). The second-order valence-corrected chi connectivity index (χ2v) is 6.14. The number of anilines is 1. The smallest absolute Gasteiger partial charge is 0.238 e. The van der Waals surface area contributed by atoms with Crippen LogP contribution in [0.15, 0.2) is 79.4 Å². The van der Waals surface area contributed by atoms with Crippen molar-refractivity contribution in [2.75, 3.05) is 5.32 Å². The Bertz CT molecular complexity index is 1100. The fraction of sp³-hybridized carbons (Fsp3) is 0.0476. The van der Waals surface area contributed by atoms with E-state index in [0.29, 0.717) is 28.7 Å². The van der Waals surface area contributed by atoms with E-state index >= 15 is 0 Å². The highest BCUT2D eigenvalue weighted by Crippen LogP contribution is 2.21. The van der Waals surface area contributed by atoms with Gasteiger partial charge in [0.15, 0.2) is 5.82 Å². The third kappa shape index (κ3) is 4.62. The minimum Gasteiger partial charge on any atom is -0.438 e. The van der Waals surface area contributed by atoms with Gasteiger partial charge in [-0.05, 0) is 42.0 Å². The van der Waals surface area contributed by atoms with Crippen molar-refractivity contribution in [1.29, 1.82) is 0 Å². The summed E-state index contributed by atoms with van der Waals surface area (Å²) in [6, 6.07) is 16.5. The molecule has 0 spiro atoms. The highest BCUT2D eigenvalue weighted by molar-refractivity contribution is 5.92. The van der Waals surface area contributed by atoms with Crippen LogP contribution in [0.5, 0.6) is 11.6 Å². The molecule has 1 amide bonds. The number of hydrogen-bond donors (Lipinski definition) is 1. The van der Waals surface area contributed by atoms with Gasteiger partial charge in [-0.15, -0.1) is 10.2 Å². The number of rotatable bonds is 6. The third-order valence-electron chi connectivity index (χ3n) is 4.06. The molecule has 0 bridgehead atoms. The van der Waals surface area contributed by atoms with Crippen molar-refractivity contribution in [3.05, 3.63) is 90.8 Å². The first-order valence-electron chi connectivity index (χ1n) is 8.80. The molecule has 0 unspecified atom stereocenters. The summed E-state index contributed by atoms with van der Waals surface area (Å²) in [6.45, 7) is 0. The van der Waals surface area contributed by atoms with Crippen LogP contribution in [0.2, 0.25) is 0 Å². The summed E-state index contributed by atoms with van der Waals surface area (Å²) in [6.07, 6.45) is 5.01. The van der Waals surface area contributed by atoms with Crippen LogP contribution in [0, 0.1) is 5.82 Å². The Morgan fingerprint density at radius 2 is 1.86 bits per heavy atom. The van der Waals surface area contributed by atoms with E-state index in [9.17, 15) is 9.18 Å². The van der Waals surface area contributed by atoms with E-state index < -0.39 is 5.82 Å². The molecule has 0 aliphatic heterocycles. The fourth-order valence-electron chi connectivity index (χ4n) is 2.65. The Hall–Kier alpha value is -4.07. The number of nitrogens with one attached hydrogen (secondary N) is 1. The molecule has 0 radical (unpaired) electrons. The van der Waals surface area contributed by atoms with Crippen LogP contribution in [0.4, 0.5) is 10.1 Å². The van der Waals surface area contributed by atoms with Crippen LogP contribution in [0.1, 0.15) is 5.56 Å². The van der Waals surface area contributed by atoms with Crippen molar-refractivity contribution in [1.82, 2.24) is 19.7 Å². The normalized spacial score (nSPS) is 10.5. The van der Waals surface area contributed by atoms with E-state index in [0.717, 1.165) is 0 Å². The van der Waals surface area contributed by atoms with E-state index in [-0.39, 0.29) is 12.3 Å². The average Bonchev–Trinajstić information content (AvgIpc) is 3.27. The van der Waals surface area contributed by atoms with E-state index in [1.54, 1.807) is 77.9 Å². The predicted octanol–water partition coefficient (Wildman–Crippen LogP) is 3.77. The van der Waals surface area contributed by atoms with Crippen molar-refractivity contribution >= 4 is 11.6 Å². The lowest BCUT2D eigenvalue weighted by Gasteiger charge is -2.08. The number of amides is 1. The van der Waals surface area contributed by atoms with Gasteiger partial charge < -0.3 is 10.1 Å². The number of imidazole rings is 1. The summed E-state index contributed by atoms with van der Waals surface area (Å²) in [7, 11) is 0. The van der Waals surface area contributed by atoms with Gasteiger partial charge in [0.25, 0.3) is 0 Å². The quantitative estimate of drug-likeness (QED) is 0.543. The van der Waals surface area contributed by atoms with Gasteiger partial charge in [-0.3, -0.25) is 9.36 Å². The monoisotopic (exact) mass is 389 g/mol. The molecule has 0 aliphatic carbocycles. The molecule has 2 aromatic heterocycles. The number of nitrogens with zero attached hydrogens (tertiary/aromatic N) is 4. The first-order chi connectivity index (χ1) is 14.2. The Balaban J connectivity index is 1.35. The summed E-state index contributed by atoms with van der Waals surface area (Å²) in [5, 5.41) is 10.8. The molecule has 0 fully saturated rings. The van der Waals surface area contributed by atoms with Crippen LogP contribution in [-0.4, -0.2) is 25.7 Å². The zero-order valence-electron chi connectivity index (χ0n) is 15.2. The van der Waals surface area contributed by atoms with Crippen LogP contribution in [-0.2, 0) is 11.2 Å². The van der Waals surface area contributed by atoms with E-state index in [1.165, 1.54) is 6.07 Å². The highest BCUT2D eigenvalue weighted by atomic mass is 19.1. The number of carbonyl (C=O) groups is 1. The number of hydrogen-bond acceptors (Lipinski definition) is 5. The minimum atomic E-state index is -0.397. The Morgan fingerprint density at radius 1 is 1.03 bits per heavy atom. The van der Waals surface area contributed by atoms with Gasteiger partial charge in [-0.2, -0.15) is 0 Å². The lowest BCUT2D eigenvalue weighted by atomic mass is 10.1. The number of halogens is 1. The van der Waals surface area contributed by atoms with E-state index in [2.05, 4.69) is 20.5 Å². The first-order valence-corrected chi connectivity index (χ1v) is 8.80. The molecule has 0 aliphatic rings. The van der Waals surface area contributed by atoms with Gasteiger partial charge in [-0.25, -0.2) is 9.37 Å². The lowest BCUT2D eigenvalue weighted by Crippen LogP contribution is -2.15. The maximum atomic E-state index is 13.6. The van der Waals surface area contributed by atoms with Gasteiger partial charge >= 0.3 is 0 Å². The molecular formula is C21H16FN5O2. The van der Waals surface area contributed by atoms with Crippen molar-refractivity contribution in [3.8, 4) is 17.4 Å². The van der Waals surface area contributed by atoms with E-state index in [1.807, 2.05) is 0 Å². The summed E-state index contributed by atoms with van der Waals surface area (Å²) in [5.41, 5.74) is 0.933. The minimum absolute atomic E-state index is 0.0379. The molecular weight excluding hydrogens is 373 g/mol. The summed E-state index contributed by atoms with van der Waals surface area (Å²) < 4.78 is 21.0. The topological polar surface area (TPSA) is 81.9 Å². The van der Waals surface area contributed by atoms with Crippen molar-refractivity contribution in [3.63, 3.8) is 0 Å². The Labute approximate surface area is 165 Å². The second kappa shape index (κ2) is 8.30. The molecule has 0 saturated heterocycles. The van der Waals surface area contributed by atoms with Crippen molar-refractivity contribution in [2.24, 2.45) is 0 Å². The standard InChI is InChI=1S/C21H16FN5O2/c22-18-4-2-1-3-15(18)13-20(28)24-16-5-7-17(8-6-16)29-21-10-9-19(25-26-21)27-12-11-23-14-27/h1-12,14H,13H2,(H,24,28). The van der Waals surface area contributed by atoms with Gasteiger partial charge in [0.1, 0.15) is 17.9 Å². The van der Waals surface area contributed by atoms with Crippen molar-refractivity contribution < 1.29 is 13.9 Å². The highest BCUT2D eigenvalue weighted by Gasteiger charge is 2.08. The molecule has 0 saturated carbocycles. The fourth-order valence-corrected chi connectivity index (χ4v) is 2.65. The SMILES string of the molecule is O=C(Cc1ccccc1F)Nc1ccc(Oc2ccc(-n3ccnc3)nn2)cc1. The number of benzene rings is 2. The molecule has 7 nitrogen and oxygen atoms in total. The maximum Gasteiger partial charge on any atom is 0.238 e. The predicted molar refractivity (Wildman–Crippen MR) is 104 cm³/mol. The molecule has 2 heterocycles. The summed E-state index contributed by atoms with van der Waals surface area (Å²) in [5.74, 6) is 0.811. The van der Waals surface area contributed by atoms with Gasteiger partial charge in [0, 0.05) is 24.1 Å². The Kier molecular flexibility index (Phi) is 5.24. The number of aromatic nitrogens is 4. The van der Waals surface area contributed by atoms with Crippen LogP contribution < -0.4 is 10.1 Å². The molecule has 29 heavy (non-hydrogen) atoms. The summed E-state index contributed by atoms with van der Waals surface area (Å²) >= 11 is 0. The van der Waals surface area contributed by atoms with Crippen molar-refractivity contribution in [2.45, 2.75) is 6.42 Å². The van der Waals surface area contributed by atoms with E-state index in [4.69, 9.17) is 4.74 Å². The van der Waals surface area contributed by atoms with Gasteiger partial charge in [0.2, 0.25) is 11.8 Å². The average molecular weight is 389 g/mol. The van der Waals surface area contributed by atoms with Crippen LogP contribution in [0.25, 0.3) is 5.82 Å².